The van der Waals surface area contributed by atoms with Gasteiger partial charge < -0.3 is 15.5 Å². The van der Waals surface area contributed by atoms with E-state index in [9.17, 15) is 14.9 Å². The van der Waals surface area contributed by atoms with Crippen LogP contribution in [0.5, 0.6) is 0 Å². The molecule has 1 aromatic carbocycles. The summed E-state index contributed by atoms with van der Waals surface area (Å²) >= 11 is 0. The van der Waals surface area contributed by atoms with Gasteiger partial charge in [-0.05, 0) is 31.4 Å². The van der Waals surface area contributed by atoms with Crippen LogP contribution < -0.4 is 16.6 Å². The number of rotatable bonds is 4. The number of nitrogen functional groups attached to an aromatic ring is 1. The molecule has 2 aliphatic rings. The van der Waals surface area contributed by atoms with E-state index in [0.717, 1.165) is 19.3 Å². The fourth-order valence-electron chi connectivity index (χ4n) is 2.99. The molecule has 3 unspecified atom stereocenters. The van der Waals surface area contributed by atoms with E-state index in [4.69, 9.17) is 10.6 Å². The summed E-state index contributed by atoms with van der Waals surface area (Å²) in [6.45, 7) is 0. The van der Waals surface area contributed by atoms with Gasteiger partial charge in [0, 0.05) is 11.6 Å². The molecule has 0 radical (unpaired) electrons. The Balaban J connectivity index is 1.75. The Morgan fingerprint density at radius 2 is 2.24 bits per heavy atom. The molecule has 8 heteroatoms. The number of amides is 1. The van der Waals surface area contributed by atoms with Crippen molar-refractivity contribution in [2.45, 2.75) is 37.5 Å². The number of ether oxygens (including phenoxy) is 1. The van der Waals surface area contributed by atoms with Crippen LogP contribution in [0, 0.1) is 10.1 Å². The summed E-state index contributed by atoms with van der Waals surface area (Å²) < 4.78 is 5.67. The number of nitrogens with zero attached hydrogens (tertiary/aromatic N) is 1. The molecule has 0 aromatic heterocycles. The Hall–Kier alpha value is -2.19. The first kappa shape index (κ1) is 13.8. The van der Waals surface area contributed by atoms with Crippen molar-refractivity contribution in [3.63, 3.8) is 0 Å². The van der Waals surface area contributed by atoms with E-state index in [1.165, 1.54) is 18.2 Å². The lowest BCUT2D eigenvalue weighted by molar-refractivity contribution is -0.384. The number of nitrogens with two attached hydrogens (primary N) is 1. The van der Waals surface area contributed by atoms with Crippen LogP contribution in [-0.2, 0) is 4.74 Å². The van der Waals surface area contributed by atoms with Crippen molar-refractivity contribution in [3.8, 4) is 0 Å². The van der Waals surface area contributed by atoms with Gasteiger partial charge in [0.1, 0.15) is 5.69 Å². The first-order valence-corrected chi connectivity index (χ1v) is 6.80. The van der Waals surface area contributed by atoms with Gasteiger partial charge in [-0.2, -0.15) is 0 Å². The van der Waals surface area contributed by atoms with Gasteiger partial charge in [-0.1, -0.05) is 0 Å². The number of hydrogen-bond donors (Lipinski definition) is 3. The third kappa shape index (κ3) is 2.55. The van der Waals surface area contributed by atoms with Crippen molar-refractivity contribution >= 4 is 17.3 Å². The van der Waals surface area contributed by atoms with Gasteiger partial charge >= 0.3 is 0 Å². The van der Waals surface area contributed by atoms with Gasteiger partial charge in [0.15, 0.2) is 0 Å². The molecule has 0 aliphatic carbocycles. The molecule has 4 N–H and O–H groups in total. The van der Waals surface area contributed by atoms with Crippen molar-refractivity contribution in [1.82, 2.24) is 5.32 Å². The largest absolute Gasteiger partial charge is 0.373 e. The molecule has 0 spiro atoms. The monoisotopic (exact) mass is 292 g/mol. The third-order valence-corrected chi connectivity index (χ3v) is 4.03. The molecule has 3 atom stereocenters. The first-order chi connectivity index (χ1) is 10.1. The second-order valence-electron chi connectivity index (χ2n) is 5.32. The van der Waals surface area contributed by atoms with Crippen LogP contribution in [0.2, 0.25) is 0 Å². The van der Waals surface area contributed by atoms with Crippen LogP contribution in [0.4, 0.5) is 11.4 Å². The van der Waals surface area contributed by atoms with Gasteiger partial charge in [-0.15, -0.1) is 0 Å². The highest BCUT2D eigenvalue weighted by atomic mass is 16.6. The number of benzene rings is 1. The lowest BCUT2D eigenvalue weighted by Crippen LogP contribution is -2.41. The second kappa shape index (κ2) is 5.30. The van der Waals surface area contributed by atoms with Gasteiger partial charge in [0.05, 0.1) is 23.2 Å². The number of hydrazine groups is 1. The van der Waals surface area contributed by atoms with Crippen LogP contribution in [0.15, 0.2) is 18.2 Å². The molecular weight excluding hydrogens is 276 g/mol. The predicted molar refractivity (Wildman–Crippen MR) is 74.7 cm³/mol. The number of anilines is 1. The van der Waals surface area contributed by atoms with Crippen LogP contribution in [-0.4, -0.2) is 29.1 Å². The Kier molecular flexibility index (Phi) is 3.48. The Morgan fingerprint density at radius 1 is 1.43 bits per heavy atom. The van der Waals surface area contributed by atoms with Gasteiger partial charge in [-0.25, -0.2) is 0 Å². The Labute approximate surface area is 120 Å². The molecule has 3 rings (SSSR count). The summed E-state index contributed by atoms with van der Waals surface area (Å²) in [6.07, 6.45) is 3.10. The zero-order valence-electron chi connectivity index (χ0n) is 11.2. The highest BCUT2D eigenvalue weighted by Crippen LogP contribution is 2.34. The lowest BCUT2D eigenvalue weighted by atomic mass is 9.95. The molecule has 1 aromatic rings. The average Bonchev–Trinajstić information content (AvgIpc) is 3.09. The van der Waals surface area contributed by atoms with Crippen LogP contribution in [0.3, 0.4) is 0 Å². The van der Waals surface area contributed by atoms with E-state index in [1.807, 2.05) is 0 Å². The molecule has 2 bridgehead atoms. The molecule has 112 valence electrons. The first-order valence-electron chi connectivity index (χ1n) is 6.80. The van der Waals surface area contributed by atoms with Crippen molar-refractivity contribution in [1.29, 1.82) is 0 Å². The molecule has 21 heavy (non-hydrogen) atoms. The van der Waals surface area contributed by atoms with Crippen molar-refractivity contribution in [3.05, 3.63) is 33.9 Å². The van der Waals surface area contributed by atoms with E-state index in [-0.39, 0.29) is 41.1 Å². The minimum Gasteiger partial charge on any atom is -0.373 e. The van der Waals surface area contributed by atoms with Gasteiger partial charge in [-0.3, -0.25) is 20.8 Å². The number of hydrogen-bond acceptors (Lipinski definition) is 6. The number of carbonyl (C=O) groups excluding carboxylic acids is 1. The van der Waals surface area contributed by atoms with Crippen molar-refractivity contribution in [2.24, 2.45) is 5.84 Å². The van der Waals surface area contributed by atoms with E-state index < -0.39 is 4.92 Å². The standard InChI is InChI=1S/C13H16N4O4/c14-16-9-3-1-7(5-11(9)17(19)20)13(18)15-10-6-8-2-4-12(10)21-8/h1,3,5,8,10,12,16H,2,4,6,14H2,(H,15,18). The number of carbonyl (C=O) groups is 1. The third-order valence-electron chi connectivity index (χ3n) is 4.03. The van der Waals surface area contributed by atoms with Crippen LogP contribution >= 0.6 is 0 Å². The quantitative estimate of drug-likeness (QED) is 0.431. The van der Waals surface area contributed by atoms with Crippen LogP contribution in [0.1, 0.15) is 29.6 Å². The molecule has 2 aliphatic heterocycles. The van der Waals surface area contributed by atoms with E-state index >= 15 is 0 Å². The van der Waals surface area contributed by atoms with E-state index in [0.29, 0.717) is 0 Å². The second-order valence-corrected chi connectivity index (χ2v) is 5.32. The maximum Gasteiger partial charge on any atom is 0.294 e. The van der Waals surface area contributed by atoms with E-state index in [1.54, 1.807) is 0 Å². The molecule has 0 saturated carbocycles. The normalized spacial score (nSPS) is 26.6. The number of nitro groups is 1. The Morgan fingerprint density at radius 3 is 2.81 bits per heavy atom. The van der Waals surface area contributed by atoms with Gasteiger partial charge in [0.2, 0.25) is 0 Å². The smallest absolute Gasteiger partial charge is 0.294 e. The summed E-state index contributed by atoms with van der Waals surface area (Å²) in [5, 5.41) is 13.9. The minimum atomic E-state index is -0.577. The summed E-state index contributed by atoms with van der Waals surface area (Å²) in [5.41, 5.74) is 2.42. The number of fused-ring (bicyclic) bond motifs is 2. The Bertz CT molecular complexity index is 592. The van der Waals surface area contributed by atoms with E-state index in [2.05, 4.69) is 10.7 Å². The maximum atomic E-state index is 12.2. The van der Waals surface area contributed by atoms with Crippen LogP contribution in [0.25, 0.3) is 0 Å². The zero-order chi connectivity index (χ0) is 15.0. The van der Waals surface area contributed by atoms with Gasteiger partial charge in [0.25, 0.3) is 11.6 Å². The summed E-state index contributed by atoms with van der Waals surface area (Å²) in [6, 6.07) is 4.14. The topological polar surface area (TPSA) is 120 Å². The molecule has 2 heterocycles. The predicted octanol–water partition coefficient (Wildman–Crippen LogP) is 0.930. The number of nitro benzene ring substituents is 1. The fourth-order valence-corrected chi connectivity index (χ4v) is 2.99. The zero-order valence-corrected chi connectivity index (χ0v) is 11.2. The fraction of sp³-hybridized carbons (Fsp3) is 0.462. The molecule has 1 amide bonds. The minimum absolute atomic E-state index is 0.0115. The molecular formula is C13H16N4O4. The molecule has 8 nitrogen and oxygen atoms in total. The summed E-state index contributed by atoms with van der Waals surface area (Å²) in [5.74, 6) is 4.89. The summed E-state index contributed by atoms with van der Waals surface area (Å²) in [4.78, 5) is 22.6. The number of nitrogens with one attached hydrogen (secondary N) is 2. The maximum absolute atomic E-state index is 12.2. The molecule has 2 saturated heterocycles. The van der Waals surface area contributed by atoms with Crippen molar-refractivity contribution in [2.75, 3.05) is 5.43 Å². The van der Waals surface area contributed by atoms with Crippen molar-refractivity contribution < 1.29 is 14.5 Å². The SMILES string of the molecule is NNc1ccc(C(=O)NC2CC3CCC2O3)cc1[N+](=O)[O-]. The lowest BCUT2D eigenvalue weighted by Gasteiger charge is -2.20. The highest BCUT2D eigenvalue weighted by Gasteiger charge is 2.41. The highest BCUT2D eigenvalue weighted by molar-refractivity contribution is 5.96. The average molecular weight is 292 g/mol. The molecule has 2 fully saturated rings. The summed E-state index contributed by atoms with van der Waals surface area (Å²) in [7, 11) is 0.